The lowest BCUT2D eigenvalue weighted by molar-refractivity contribution is -0.170. The first-order chi connectivity index (χ1) is 5.02. The molecule has 0 bridgehead atoms. The van der Waals surface area contributed by atoms with Gasteiger partial charge in [0.1, 0.15) is 6.04 Å². The van der Waals surface area contributed by atoms with Crippen LogP contribution in [0, 0.1) is 0 Å². The van der Waals surface area contributed by atoms with Crippen molar-refractivity contribution in [3.8, 4) is 0 Å². The van der Waals surface area contributed by atoms with Crippen LogP contribution in [-0.2, 0) is 4.74 Å². The molecule has 2 nitrogen and oxygen atoms in total. The average molecular weight is 169 g/mol. The molecule has 5 heteroatoms. The third-order valence-corrected chi connectivity index (χ3v) is 1.74. The second-order valence-electron chi connectivity index (χ2n) is 2.62. The van der Waals surface area contributed by atoms with E-state index in [2.05, 4.69) is 0 Å². The van der Waals surface area contributed by atoms with Crippen LogP contribution < -0.4 is 5.73 Å². The van der Waals surface area contributed by atoms with Crippen LogP contribution in [0.3, 0.4) is 0 Å². The maximum atomic E-state index is 11.9. The average Bonchev–Trinajstić information content (AvgIpc) is 2.34. The highest BCUT2D eigenvalue weighted by atomic mass is 19.4. The summed E-state index contributed by atoms with van der Waals surface area (Å²) in [6.45, 7) is 0.397. The van der Waals surface area contributed by atoms with Gasteiger partial charge in [-0.05, 0) is 12.8 Å². The summed E-state index contributed by atoms with van der Waals surface area (Å²) in [5, 5.41) is 0. The fourth-order valence-corrected chi connectivity index (χ4v) is 1.10. The highest BCUT2D eigenvalue weighted by Gasteiger charge is 2.43. The Morgan fingerprint density at radius 3 is 2.45 bits per heavy atom. The summed E-state index contributed by atoms with van der Waals surface area (Å²) in [7, 11) is 0. The Morgan fingerprint density at radius 1 is 1.45 bits per heavy atom. The molecule has 1 aliphatic heterocycles. The zero-order valence-corrected chi connectivity index (χ0v) is 5.90. The van der Waals surface area contributed by atoms with Gasteiger partial charge in [-0.3, -0.25) is 0 Å². The Hall–Kier alpha value is -0.290. The Bertz CT molecular complexity index is 130. The summed E-state index contributed by atoms with van der Waals surface area (Å²) in [6.07, 6.45) is -4.06. The zero-order chi connectivity index (χ0) is 8.48. The summed E-state index contributed by atoms with van der Waals surface area (Å²) < 4.78 is 40.5. The van der Waals surface area contributed by atoms with Crippen molar-refractivity contribution < 1.29 is 17.9 Å². The number of ether oxygens (including phenoxy) is 1. The van der Waals surface area contributed by atoms with Crippen molar-refractivity contribution >= 4 is 0 Å². The van der Waals surface area contributed by atoms with Crippen molar-refractivity contribution in [1.82, 2.24) is 0 Å². The molecule has 1 rings (SSSR count). The molecule has 2 N–H and O–H groups in total. The minimum absolute atomic E-state index is 0.397. The topological polar surface area (TPSA) is 35.2 Å². The largest absolute Gasteiger partial charge is 0.406 e. The molecule has 1 aliphatic rings. The molecule has 0 amide bonds. The zero-order valence-electron chi connectivity index (χ0n) is 5.90. The molecule has 0 aromatic rings. The van der Waals surface area contributed by atoms with E-state index >= 15 is 0 Å². The number of halogens is 3. The molecule has 0 radical (unpaired) electrons. The third-order valence-electron chi connectivity index (χ3n) is 1.74. The van der Waals surface area contributed by atoms with E-state index in [4.69, 9.17) is 10.5 Å². The van der Waals surface area contributed by atoms with E-state index in [0.717, 1.165) is 0 Å². The quantitative estimate of drug-likeness (QED) is 0.636. The number of alkyl halides is 3. The normalized spacial score (nSPS) is 28.9. The van der Waals surface area contributed by atoms with E-state index in [-0.39, 0.29) is 0 Å². The van der Waals surface area contributed by atoms with Crippen LogP contribution in [0.15, 0.2) is 0 Å². The predicted molar refractivity (Wildman–Crippen MR) is 33.0 cm³/mol. The van der Waals surface area contributed by atoms with Gasteiger partial charge in [0.05, 0.1) is 6.10 Å². The van der Waals surface area contributed by atoms with E-state index in [1.54, 1.807) is 0 Å². The molecule has 1 unspecified atom stereocenters. The van der Waals surface area contributed by atoms with Crippen LogP contribution in [0.2, 0.25) is 0 Å². The van der Waals surface area contributed by atoms with Crippen LogP contribution in [0.25, 0.3) is 0 Å². The number of nitrogens with two attached hydrogens (primary N) is 1. The van der Waals surface area contributed by atoms with Gasteiger partial charge in [-0.25, -0.2) is 0 Å². The second-order valence-corrected chi connectivity index (χ2v) is 2.62. The summed E-state index contributed by atoms with van der Waals surface area (Å²) >= 11 is 0. The van der Waals surface area contributed by atoms with Gasteiger partial charge in [-0.2, -0.15) is 13.2 Å². The van der Waals surface area contributed by atoms with Crippen LogP contribution >= 0.6 is 0 Å². The molecule has 0 aromatic heterocycles. The molecule has 0 aliphatic carbocycles. The Morgan fingerprint density at radius 2 is 2.09 bits per heavy atom. The molecule has 0 spiro atoms. The van der Waals surface area contributed by atoms with Crippen LogP contribution in [-0.4, -0.2) is 24.9 Å². The molecule has 11 heavy (non-hydrogen) atoms. The van der Waals surface area contributed by atoms with Gasteiger partial charge in [0.25, 0.3) is 0 Å². The van der Waals surface area contributed by atoms with E-state index in [1.807, 2.05) is 0 Å². The van der Waals surface area contributed by atoms with E-state index in [0.29, 0.717) is 19.4 Å². The van der Waals surface area contributed by atoms with Crippen LogP contribution in [0.5, 0.6) is 0 Å². The Kier molecular flexibility index (Phi) is 2.39. The van der Waals surface area contributed by atoms with Crippen molar-refractivity contribution in [2.45, 2.75) is 31.2 Å². The number of hydrogen-bond donors (Lipinski definition) is 1. The first kappa shape index (κ1) is 8.80. The first-order valence-electron chi connectivity index (χ1n) is 3.45. The molecule has 66 valence electrons. The standard InChI is InChI=1S/C6H10F3NO/c7-6(8,9)5(10)4-2-1-3-11-4/h4-5H,1-3,10H2/t4?,5-/m1/s1. The molecule has 0 aromatic carbocycles. The van der Waals surface area contributed by atoms with Gasteiger partial charge in [-0.15, -0.1) is 0 Å². The lowest BCUT2D eigenvalue weighted by Crippen LogP contribution is -2.46. The van der Waals surface area contributed by atoms with E-state index in [1.165, 1.54) is 0 Å². The van der Waals surface area contributed by atoms with Gasteiger partial charge >= 0.3 is 6.18 Å². The van der Waals surface area contributed by atoms with Crippen molar-refractivity contribution in [2.75, 3.05) is 6.61 Å². The maximum Gasteiger partial charge on any atom is 0.406 e. The van der Waals surface area contributed by atoms with Gasteiger partial charge in [-0.1, -0.05) is 0 Å². The number of rotatable bonds is 1. The fourth-order valence-electron chi connectivity index (χ4n) is 1.10. The van der Waals surface area contributed by atoms with Gasteiger partial charge < -0.3 is 10.5 Å². The monoisotopic (exact) mass is 169 g/mol. The minimum Gasteiger partial charge on any atom is -0.376 e. The molecule has 0 saturated carbocycles. The number of hydrogen-bond acceptors (Lipinski definition) is 2. The van der Waals surface area contributed by atoms with E-state index in [9.17, 15) is 13.2 Å². The van der Waals surface area contributed by atoms with Gasteiger partial charge in [0, 0.05) is 6.61 Å². The van der Waals surface area contributed by atoms with Crippen molar-refractivity contribution in [3.63, 3.8) is 0 Å². The summed E-state index contributed by atoms with van der Waals surface area (Å²) in [5.74, 6) is 0. The second kappa shape index (κ2) is 2.98. The molecular weight excluding hydrogens is 159 g/mol. The molecule has 1 fully saturated rings. The SMILES string of the molecule is N[C@H](C1CCCO1)C(F)(F)F. The minimum atomic E-state index is -4.32. The Labute approximate surface area is 62.5 Å². The molecular formula is C6H10F3NO. The fraction of sp³-hybridized carbons (Fsp3) is 1.00. The maximum absolute atomic E-state index is 11.9. The van der Waals surface area contributed by atoms with Gasteiger partial charge in [0.15, 0.2) is 0 Å². The lowest BCUT2D eigenvalue weighted by Gasteiger charge is -2.20. The van der Waals surface area contributed by atoms with Crippen molar-refractivity contribution in [3.05, 3.63) is 0 Å². The Balaban J connectivity index is 2.46. The lowest BCUT2D eigenvalue weighted by atomic mass is 10.1. The van der Waals surface area contributed by atoms with Crippen molar-refractivity contribution in [1.29, 1.82) is 0 Å². The first-order valence-corrected chi connectivity index (χ1v) is 3.45. The predicted octanol–water partition coefficient (Wildman–Crippen LogP) is 1.06. The summed E-state index contributed by atoms with van der Waals surface area (Å²) in [6, 6.07) is -1.81. The molecule has 1 saturated heterocycles. The van der Waals surface area contributed by atoms with Crippen molar-refractivity contribution in [2.24, 2.45) is 5.73 Å². The molecule has 2 atom stereocenters. The van der Waals surface area contributed by atoms with Crippen LogP contribution in [0.1, 0.15) is 12.8 Å². The van der Waals surface area contributed by atoms with Gasteiger partial charge in [0.2, 0.25) is 0 Å². The highest BCUT2D eigenvalue weighted by Crippen LogP contribution is 2.26. The smallest absolute Gasteiger partial charge is 0.376 e. The van der Waals surface area contributed by atoms with E-state index < -0.39 is 18.3 Å². The third kappa shape index (κ3) is 2.07. The van der Waals surface area contributed by atoms with Crippen LogP contribution in [0.4, 0.5) is 13.2 Å². The molecule has 1 heterocycles. The highest BCUT2D eigenvalue weighted by molar-refractivity contribution is 4.82. The summed E-state index contributed by atoms with van der Waals surface area (Å²) in [5.41, 5.74) is 4.91. The summed E-state index contributed by atoms with van der Waals surface area (Å²) in [4.78, 5) is 0.